The monoisotopic (exact) mass is 669 g/mol. The highest BCUT2D eigenvalue weighted by Gasteiger charge is 2.47. The fraction of sp³-hybridized carbons (Fsp3) is 0.452. The summed E-state index contributed by atoms with van der Waals surface area (Å²) in [6.45, 7) is 0.454. The summed E-state index contributed by atoms with van der Waals surface area (Å²) >= 11 is 1.11. The molecule has 0 radical (unpaired) electrons. The van der Waals surface area contributed by atoms with Gasteiger partial charge in [0.25, 0.3) is 5.91 Å². The van der Waals surface area contributed by atoms with E-state index < -0.39 is 37.4 Å². The summed E-state index contributed by atoms with van der Waals surface area (Å²) in [5.74, 6) is -4.39. The topological polar surface area (TPSA) is 184 Å². The lowest BCUT2D eigenvalue weighted by Crippen LogP contribution is -2.56. The van der Waals surface area contributed by atoms with Crippen LogP contribution in [0.25, 0.3) is 10.1 Å². The highest BCUT2D eigenvalue weighted by atomic mass is 32.1. The summed E-state index contributed by atoms with van der Waals surface area (Å²) in [7, 11) is -5.00. The molecule has 12 nitrogen and oxygen atoms in total. The van der Waals surface area contributed by atoms with Crippen molar-refractivity contribution >= 4 is 46.7 Å². The largest absolute Gasteiger partial charge is 0.363 e. The number of hydrogen-bond donors (Lipinski definition) is 4. The van der Waals surface area contributed by atoms with Gasteiger partial charge in [0, 0.05) is 42.0 Å². The van der Waals surface area contributed by atoms with E-state index in [2.05, 4.69) is 16.4 Å². The zero-order valence-corrected chi connectivity index (χ0v) is 26.4. The minimum Gasteiger partial charge on any atom is -0.340 e. The zero-order chi connectivity index (χ0) is 32.7. The van der Waals surface area contributed by atoms with Crippen molar-refractivity contribution in [2.75, 3.05) is 13.1 Å². The molecule has 3 fully saturated rings. The standard InChI is InChI=1S/C31H33FN5O7PS/c32-28(45(42,43)44)18-5-8-25-19(11-18)12-26(46-25)29(39)35-23-4-2-1-3-21-6-7-24(37(21)30(23)40)31(41)36-15-20(14-33)22(16-36)17-9-10-34-27(38)13-17/h5,8-13,20-24,28H,1-4,6-7,15-16H2,(H,34,38)(H,35,39)(H2,42,43,44)/t20-,21+,22+,23+,24+,28-/m1/s1. The van der Waals surface area contributed by atoms with Gasteiger partial charge in [-0.1, -0.05) is 18.9 Å². The van der Waals surface area contributed by atoms with E-state index in [0.717, 1.165) is 24.2 Å². The fourth-order valence-corrected chi connectivity index (χ4v) is 8.50. The number of hydrogen-bond acceptors (Lipinski definition) is 7. The highest BCUT2D eigenvalue weighted by molar-refractivity contribution is 7.51. The maximum absolute atomic E-state index is 14.3. The Morgan fingerprint density at radius 2 is 1.87 bits per heavy atom. The van der Waals surface area contributed by atoms with Gasteiger partial charge in [0.2, 0.25) is 23.3 Å². The van der Waals surface area contributed by atoms with Crippen molar-refractivity contribution in [3.63, 3.8) is 0 Å². The van der Waals surface area contributed by atoms with Crippen LogP contribution >= 0.6 is 18.9 Å². The summed E-state index contributed by atoms with van der Waals surface area (Å²) in [6.07, 6.45) is 5.32. The molecule has 3 saturated heterocycles. The van der Waals surface area contributed by atoms with Gasteiger partial charge in [-0.2, -0.15) is 5.26 Å². The van der Waals surface area contributed by atoms with Crippen LogP contribution in [0.4, 0.5) is 4.39 Å². The van der Waals surface area contributed by atoms with Crippen LogP contribution in [0.15, 0.2) is 47.4 Å². The van der Waals surface area contributed by atoms with Crippen molar-refractivity contribution < 1.29 is 33.1 Å². The minimum absolute atomic E-state index is 0.149. The second kappa shape index (κ2) is 12.7. The molecule has 6 atom stereocenters. The first-order valence-corrected chi connectivity index (χ1v) is 17.7. The van der Waals surface area contributed by atoms with Gasteiger partial charge in [0.05, 0.1) is 16.9 Å². The molecule has 3 amide bonds. The first-order valence-electron chi connectivity index (χ1n) is 15.2. The molecule has 15 heteroatoms. The lowest BCUT2D eigenvalue weighted by molar-refractivity contribution is -0.146. The average molecular weight is 670 g/mol. The van der Waals surface area contributed by atoms with Crippen LogP contribution in [-0.2, 0) is 14.2 Å². The third-order valence-corrected chi connectivity index (χ3v) is 11.3. The number of aromatic amines is 1. The second-order valence-electron chi connectivity index (χ2n) is 12.2. The summed E-state index contributed by atoms with van der Waals surface area (Å²) in [4.78, 5) is 77.8. The number of likely N-dealkylation sites (tertiary alicyclic amines) is 1. The molecular weight excluding hydrogens is 636 g/mol. The first kappa shape index (κ1) is 32.1. The van der Waals surface area contributed by atoms with Gasteiger partial charge in [-0.25, -0.2) is 4.39 Å². The molecule has 0 aliphatic carbocycles. The molecule has 3 aliphatic rings. The molecule has 4 N–H and O–H groups in total. The Morgan fingerprint density at radius 3 is 2.61 bits per heavy atom. The molecular formula is C31H33FN5O7PS. The molecule has 5 heterocycles. The van der Waals surface area contributed by atoms with Crippen LogP contribution in [0, 0.1) is 17.2 Å². The predicted octanol–water partition coefficient (Wildman–Crippen LogP) is 3.53. The Balaban J connectivity index is 1.19. The van der Waals surface area contributed by atoms with E-state index in [0.29, 0.717) is 41.3 Å². The number of H-pyrrole nitrogens is 1. The molecule has 46 heavy (non-hydrogen) atoms. The number of fused-ring (bicyclic) bond motifs is 2. The number of thiophene rings is 1. The maximum Gasteiger partial charge on any atom is 0.363 e. The second-order valence-corrected chi connectivity index (χ2v) is 14.9. The number of amides is 3. The van der Waals surface area contributed by atoms with Crippen LogP contribution in [0.2, 0.25) is 0 Å². The van der Waals surface area contributed by atoms with Gasteiger partial charge in [-0.05, 0) is 66.5 Å². The molecule has 0 spiro atoms. The summed E-state index contributed by atoms with van der Waals surface area (Å²) < 4.78 is 26.3. The van der Waals surface area contributed by atoms with E-state index in [-0.39, 0.29) is 52.9 Å². The zero-order valence-electron chi connectivity index (χ0n) is 24.7. The number of rotatable bonds is 6. The van der Waals surface area contributed by atoms with Crippen LogP contribution in [0.3, 0.4) is 0 Å². The molecule has 6 rings (SSSR count). The van der Waals surface area contributed by atoms with E-state index in [4.69, 9.17) is 0 Å². The third-order valence-electron chi connectivity index (χ3n) is 9.28. The average Bonchev–Trinajstić information content (AvgIpc) is 3.76. The molecule has 1 aromatic carbocycles. The number of aromatic nitrogens is 1. The Hall–Kier alpha value is -3.89. The number of alkyl halides is 1. The van der Waals surface area contributed by atoms with E-state index in [1.54, 1.807) is 15.9 Å². The molecule has 2 aromatic heterocycles. The Labute approximate surface area is 267 Å². The molecule has 0 bridgehead atoms. The van der Waals surface area contributed by atoms with Crippen LogP contribution < -0.4 is 10.9 Å². The van der Waals surface area contributed by atoms with Gasteiger partial charge in [-0.15, -0.1) is 11.3 Å². The number of carbonyl (C=O) groups is 3. The SMILES string of the molecule is N#C[C@@H]1CN(C(=O)[C@@H]2CC[C@@H]3CCCC[C@H](NC(=O)c4cc5cc([C@H](F)P(=O)(O)O)ccc5s4)C(=O)N32)C[C@H]1c1cc[nH]c(=O)c1. The summed E-state index contributed by atoms with van der Waals surface area (Å²) in [6, 6.07) is 9.28. The molecule has 0 saturated carbocycles. The van der Waals surface area contributed by atoms with Gasteiger partial charge in [0.1, 0.15) is 12.1 Å². The van der Waals surface area contributed by atoms with Crippen LogP contribution in [0.1, 0.15) is 71.2 Å². The smallest absolute Gasteiger partial charge is 0.340 e. The quantitative estimate of drug-likeness (QED) is 0.287. The van der Waals surface area contributed by atoms with Crippen molar-refractivity contribution in [1.29, 1.82) is 5.26 Å². The lowest BCUT2D eigenvalue weighted by atomic mass is 9.91. The Bertz CT molecular complexity index is 1830. The van der Waals surface area contributed by atoms with Gasteiger partial charge < -0.3 is 29.9 Å². The van der Waals surface area contributed by atoms with Gasteiger partial charge in [-0.3, -0.25) is 23.7 Å². The lowest BCUT2D eigenvalue weighted by Gasteiger charge is -2.36. The van der Waals surface area contributed by atoms with E-state index in [9.17, 15) is 43.2 Å². The van der Waals surface area contributed by atoms with Crippen LogP contribution in [-0.4, -0.2) is 73.5 Å². The van der Waals surface area contributed by atoms with Crippen LogP contribution in [0.5, 0.6) is 0 Å². The Kier molecular flexibility index (Phi) is 8.87. The number of carbonyl (C=O) groups excluding carboxylic acids is 3. The van der Waals surface area contributed by atoms with Gasteiger partial charge in [0.15, 0.2) is 0 Å². The maximum atomic E-state index is 14.3. The number of nitrogens with one attached hydrogen (secondary N) is 2. The molecule has 3 aliphatic heterocycles. The van der Waals surface area contributed by atoms with Crippen molar-refractivity contribution in [3.8, 4) is 6.07 Å². The summed E-state index contributed by atoms with van der Waals surface area (Å²) in [5, 5.41) is 13.1. The van der Waals surface area contributed by atoms with E-state index >= 15 is 0 Å². The predicted molar refractivity (Wildman–Crippen MR) is 167 cm³/mol. The molecule has 3 aromatic rings. The number of halogens is 1. The minimum atomic E-state index is -5.00. The van der Waals surface area contributed by atoms with E-state index in [1.165, 1.54) is 36.5 Å². The number of pyridine rings is 1. The number of nitrogens with zero attached hydrogens (tertiary/aromatic N) is 3. The normalized spacial score (nSPS) is 25.9. The molecule has 242 valence electrons. The Morgan fingerprint density at radius 1 is 1.09 bits per heavy atom. The van der Waals surface area contributed by atoms with E-state index in [1.807, 2.05) is 0 Å². The number of nitriles is 1. The fourth-order valence-electron chi connectivity index (χ4n) is 7.01. The van der Waals surface area contributed by atoms with Crippen molar-refractivity contribution in [2.24, 2.45) is 5.92 Å². The van der Waals surface area contributed by atoms with Gasteiger partial charge >= 0.3 is 7.60 Å². The first-order chi connectivity index (χ1) is 21.9. The van der Waals surface area contributed by atoms with Crippen molar-refractivity contribution in [1.82, 2.24) is 20.1 Å². The third kappa shape index (κ3) is 6.25. The number of benzene rings is 1. The van der Waals surface area contributed by atoms with Crippen molar-refractivity contribution in [2.45, 2.75) is 68.5 Å². The van der Waals surface area contributed by atoms with Crippen molar-refractivity contribution in [3.05, 3.63) is 69.0 Å². The molecule has 0 unspecified atom stereocenters. The summed E-state index contributed by atoms with van der Waals surface area (Å²) in [5.41, 5.74) is 0.203. The highest BCUT2D eigenvalue weighted by Crippen LogP contribution is 2.53.